The van der Waals surface area contributed by atoms with E-state index in [0.29, 0.717) is 6.04 Å². The summed E-state index contributed by atoms with van der Waals surface area (Å²) in [4.78, 5) is 4.65. The molecule has 1 aliphatic heterocycles. The SMILES string of the molecule is CCCCCCC1COC(c2ccccc2)=N1. The van der Waals surface area contributed by atoms with Crippen LogP contribution in [0.2, 0.25) is 0 Å². The van der Waals surface area contributed by atoms with Gasteiger partial charge in [0.05, 0.1) is 6.04 Å². The van der Waals surface area contributed by atoms with Crippen LogP contribution in [0.25, 0.3) is 0 Å². The summed E-state index contributed by atoms with van der Waals surface area (Å²) in [5, 5.41) is 0. The first-order valence-corrected chi connectivity index (χ1v) is 6.66. The molecule has 0 spiro atoms. The van der Waals surface area contributed by atoms with Gasteiger partial charge in [-0.15, -0.1) is 0 Å². The topological polar surface area (TPSA) is 21.6 Å². The third kappa shape index (κ3) is 3.58. The van der Waals surface area contributed by atoms with Gasteiger partial charge in [-0.3, -0.25) is 0 Å². The molecule has 0 aromatic heterocycles. The third-order valence-corrected chi connectivity index (χ3v) is 3.12. The van der Waals surface area contributed by atoms with Gasteiger partial charge < -0.3 is 4.74 Å². The molecule has 1 unspecified atom stereocenters. The Labute approximate surface area is 104 Å². The summed E-state index contributed by atoms with van der Waals surface area (Å²) >= 11 is 0. The van der Waals surface area contributed by atoms with Gasteiger partial charge in [0.15, 0.2) is 0 Å². The molecule has 2 heteroatoms. The number of rotatable bonds is 6. The fourth-order valence-corrected chi connectivity index (χ4v) is 2.11. The standard InChI is InChI=1S/C15H21NO/c1-2-3-4-8-11-14-12-17-15(16-14)13-9-6-5-7-10-13/h5-7,9-10,14H,2-4,8,11-12H2,1H3. The second-order valence-electron chi connectivity index (χ2n) is 4.61. The largest absolute Gasteiger partial charge is 0.475 e. The molecule has 2 nitrogen and oxygen atoms in total. The van der Waals surface area contributed by atoms with Crippen molar-refractivity contribution in [1.29, 1.82) is 0 Å². The van der Waals surface area contributed by atoms with Crippen LogP contribution in [0.1, 0.15) is 44.6 Å². The molecule has 1 heterocycles. The minimum atomic E-state index is 0.377. The van der Waals surface area contributed by atoms with Gasteiger partial charge in [0.2, 0.25) is 5.90 Å². The lowest BCUT2D eigenvalue weighted by molar-refractivity contribution is 0.309. The van der Waals surface area contributed by atoms with Gasteiger partial charge in [-0.1, -0.05) is 50.8 Å². The van der Waals surface area contributed by atoms with Gasteiger partial charge in [-0.2, -0.15) is 0 Å². The van der Waals surface area contributed by atoms with Crippen molar-refractivity contribution in [1.82, 2.24) is 0 Å². The monoisotopic (exact) mass is 231 g/mol. The fraction of sp³-hybridized carbons (Fsp3) is 0.533. The Kier molecular flexibility index (Phi) is 4.60. The molecule has 1 aromatic rings. The van der Waals surface area contributed by atoms with Crippen molar-refractivity contribution in [3.05, 3.63) is 35.9 Å². The Morgan fingerprint density at radius 1 is 1.18 bits per heavy atom. The molecule has 0 amide bonds. The lowest BCUT2D eigenvalue weighted by Gasteiger charge is -2.03. The molecule has 1 aromatic carbocycles. The zero-order valence-corrected chi connectivity index (χ0v) is 10.6. The van der Waals surface area contributed by atoms with Crippen molar-refractivity contribution in [2.24, 2.45) is 4.99 Å². The Morgan fingerprint density at radius 2 is 2.00 bits per heavy atom. The van der Waals surface area contributed by atoms with Crippen molar-refractivity contribution >= 4 is 5.90 Å². The number of hydrogen-bond acceptors (Lipinski definition) is 2. The predicted molar refractivity (Wildman–Crippen MR) is 71.5 cm³/mol. The van der Waals surface area contributed by atoms with Crippen LogP contribution in [0.3, 0.4) is 0 Å². The molecule has 1 aliphatic rings. The van der Waals surface area contributed by atoms with Crippen LogP contribution in [0.5, 0.6) is 0 Å². The van der Waals surface area contributed by atoms with Gasteiger partial charge in [-0.05, 0) is 18.6 Å². The average molecular weight is 231 g/mol. The Hall–Kier alpha value is -1.31. The second kappa shape index (κ2) is 6.43. The quantitative estimate of drug-likeness (QED) is 0.682. The molecule has 1 atom stereocenters. The highest BCUT2D eigenvalue weighted by Crippen LogP contribution is 2.16. The van der Waals surface area contributed by atoms with Gasteiger partial charge in [0.1, 0.15) is 6.61 Å². The summed E-state index contributed by atoms with van der Waals surface area (Å²) in [5.41, 5.74) is 1.10. The number of nitrogens with zero attached hydrogens (tertiary/aromatic N) is 1. The molecular weight excluding hydrogens is 210 g/mol. The van der Waals surface area contributed by atoms with Crippen LogP contribution in [-0.4, -0.2) is 18.5 Å². The Morgan fingerprint density at radius 3 is 2.76 bits per heavy atom. The Bertz CT molecular complexity index is 358. The van der Waals surface area contributed by atoms with E-state index in [0.717, 1.165) is 24.5 Å². The van der Waals surface area contributed by atoms with Gasteiger partial charge >= 0.3 is 0 Å². The number of benzene rings is 1. The van der Waals surface area contributed by atoms with E-state index < -0.39 is 0 Å². The van der Waals surface area contributed by atoms with Crippen LogP contribution >= 0.6 is 0 Å². The van der Waals surface area contributed by atoms with Crippen molar-refractivity contribution in [3.8, 4) is 0 Å². The zero-order chi connectivity index (χ0) is 11.9. The van der Waals surface area contributed by atoms with Crippen molar-refractivity contribution < 1.29 is 4.74 Å². The molecule has 0 saturated carbocycles. The molecule has 0 aliphatic carbocycles. The van der Waals surface area contributed by atoms with Gasteiger partial charge in [0.25, 0.3) is 0 Å². The van der Waals surface area contributed by atoms with Gasteiger partial charge in [-0.25, -0.2) is 4.99 Å². The minimum absolute atomic E-state index is 0.377. The van der Waals surface area contributed by atoms with Crippen LogP contribution in [0.4, 0.5) is 0 Å². The number of ether oxygens (including phenoxy) is 1. The first-order chi connectivity index (χ1) is 8.40. The van der Waals surface area contributed by atoms with E-state index in [1.807, 2.05) is 18.2 Å². The summed E-state index contributed by atoms with van der Waals surface area (Å²) in [6.07, 6.45) is 6.38. The van der Waals surface area contributed by atoms with E-state index in [1.54, 1.807) is 0 Å². The number of aliphatic imine (C=N–C) groups is 1. The van der Waals surface area contributed by atoms with E-state index in [-0.39, 0.29) is 0 Å². The molecule has 0 fully saturated rings. The maximum Gasteiger partial charge on any atom is 0.216 e. The smallest absolute Gasteiger partial charge is 0.216 e. The van der Waals surface area contributed by atoms with Crippen molar-refractivity contribution in [3.63, 3.8) is 0 Å². The third-order valence-electron chi connectivity index (χ3n) is 3.12. The first-order valence-electron chi connectivity index (χ1n) is 6.66. The summed E-state index contributed by atoms with van der Waals surface area (Å²) in [6.45, 7) is 3.00. The lowest BCUT2D eigenvalue weighted by Crippen LogP contribution is -2.05. The van der Waals surface area contributed by atoms with Crippen LogP contribution in [0.15, 0.2) is 35.3 Å². The highest BCUT2D eigenvalue weighted by Gasteiger charge is 2.19. The molecule has 0 radical (unpaired) electrons. The van der Waals surface area contributed by atoms with Crippen molar-refractivity contribution in [2.75, 3.05) is 6.61 Å². The van der Waals surface area contributed by atoms with E-state index in [4.69, 9.17) is 4.74 Å². The molecule has 2 rings (SSSR count). The minimum Gasteiger partial charge on any atom is -0.475 e. The normalized spacial score (nSPS) is 18.9. The Balaban J connectivity index is 1.82. The summed E-state index contributed by atoms with van der Waals surface area (Å²) in [6, 6.07) is 10.5. The molecule has 0 N–H and O–H groups in total. The maximum absolute atomic E-state index is 5.66. The van der Waals surface area contributed by atoms with E-state index in [9.17, 15) is 0 Å². The van der Waals surface area contributed by atoms with Gasteiger partial charge in [0, 0.05) is 5.56 Å². The van der Waals surface area contributed by atoms with E-state index in [2.05, 4.69) is 24.0 Å². The fourth-order valence-electron chi connectivity index (χ4n) is 2.11. The molecular formula is C15H21NO. The summed E-state index contributed by atoms with van der Waals surface area (Å²) in [5.74, 6) is 0.825. The maximum atomic E-state index is 5.66. The molecule has 0 saturated heterocycles. The second-order valence-corrected chi connectivity index (χ2v) is 4.61. The summed E-state index contributed by atoms with van der Waals surface area (Å²) < 4.78 is 5.66. The highest BCUT2D eigenvalue weighted by molar-refractivity contribution is 5.95. The average Bonchev–Trinajstić information content (AvgIpc) is 2.85. The zero-order valence-electron chi connectivity index (χ0n) is 10.6. The number of hydrogen-bond donors (Lipinski definition) is 0. The lowest BCUT2D eigenvalue weighted by atomic mass is 10.1. The van der Waals surface area contributed by atoms with E-state index >= 15 is 0 Å². The van der Waals surface area contributed by atoms with E-state index in [1.165, 1.54) is 25.7 Å². The van der Waals surface area contributed by atoms with Crippen LogP contribution in [0, 0.1) is 0 Å². The highest BCUT2D eigenvalue weighted by atomic mass is 16.5. The first kappa shape index (κ1) is 12.2. The predicted octanol–water partition coefficient (Wildman–Crippen LogP) is 3.80. The molecule has 92 valence electrons. The van der Waals surface area contributed by atoms with Crippen LogP contribution in [-0.2, 0) is 4.74 Å². The van der Waals surface area contributed by atoms with Crippen molar-refractivity contribution in [2.45, 2.75) is 45.1 Å². The molecule has 17 heavy (non-hydrogen) atoms. The van der Waals surface area contributed by atoms with Crippen LogP contribution < -0.4 is 0 Å². The number of unbranched alkanes of at least 4 members (excludes halogenated alkanes) is 3. The summed E-state index contributed by atoms with van der Waals surface area (Å²) in [7, 11) is 0. The molecule has 0 bridgehead atoms.